The van der Waals surface area contributed by atoms with E-state index in [1.54, 1.807) is 11.3 Å². The predicted molar refractivity (Wildman–Crippen MR) is 72.7 cm³/mol. The van der Waals surface area contributed by atoms with Crippen LogP contribution in [0.3, 0.4) is 0 Å². The zero-order valence-electron chi connectivity index (χ0n) is 11.1. The van der Waals surface area contributed by atoms with Gasteiger partial charge in [-0.3, -0.25) is 0 Å². The van der Waals surface area contributed by atoms with E-state index in [1.807, 2.05) is 0 Å². The first-order valence-corrected chi connectivity index (χ1v) is 7.16. The van der Waals surface area contributed by atoms with Crippen molar-refractivity contribution in [3.8, 4) is 0 Å². The lowest BCUT2D eigenvalue weighted by molar-refractivity contribution is 0.283. The van der Waals surface area contributed by atoms with Gasteiger partial charge in [0.1, 0.15) is 0 Å². The maximum absolute atomic E-state index is 9.35. The number of aliphatic hydroxyl groups excluding tert-OH is 1. The summed E-state index contributed by atoms with van der Waals surface area (Å²) >= 11 is 1.63. The largest absolute Gasteiger partial charge is 0.391 e. The van der Waals surface area contributed by atoms with Crippen molar-refractivity contribution < 1.29 is 5.11 Å². The zero-order chi connectivity index (χ0) is 12.6. The van der Waals surface area contributed by atoms with E-state index in [9.17, 15) is 5.11 Å². The van der Waals surface area contributed by atoms with E-state index in [0.29, 0.717) is 5.92 Å². The van der Waals surface area contributed by atoms with Gasteiger partial charge in [-0.25, -0.2) is 4.98 Å². The van der Waals surface area contributed by atoms with Gasteiger partial charge in [-0.05, 0) is 24.2 Å². The second kappa shape index (κ2) is 4.94. The SMILES string of the molecule is CC(C)c1nc(N(C)CC2CC2C)sc1CO. The average molecular weight is 254 g/mol. The summed E-state index contributed by atoms with van der Waals surface area (Å²) in [6, 6.07) is 0. The molecule has 3 nitrogen and oxygen atoms in total. The first-order chi connectivity index (χ1) is 8.02. The van der Waals surface area contributed by atoms with Crippen LogP contribution in [-0.2, 0) is 6.61 Å². The Morgan fingerprint density at radius 2 is 2.18 bits per heavy atom. The van der Waals surface area contributed by atoms with Gasteiger partial charge in [0.2, 0.25) is 0 Å². The summed E-state index contributed by atoms with van der Waals surface area (Å²) in [5.41, 5.74) is 1.06. The van der Waals surface area contributed by atoms with Crippen molar-refractivity contribution >= 4 is 16.5 Å². The van der Waals surface area contributed by atoms with Crippen LogP contribution < -0.4 is 4.90 Å². The highest BCUT2D eigenvalue weighted by atomic mass is 32.1. The van der Waals surface area contributed by atoms with Crippen LogP contribution in [0.2, 0.25) is 0 Å². The first-order valence-electron chi connectivity index (χ1n) is 6.34. The van der Waals surface area contributed by atoms with E-state index < -0.39 is 0 Å². The molecule has 1 N–H and O–H groups in total. The van der Waals surface area contributed by atoms with Crippen molar-refractivity contribution in [2.24, 2.45) is 11.8 Å². The Hall–Kier alpha value is -0.610. The van der Waals surface area contributed by atoms with E-state index in [0.717, 1.165) is 34.1 Å². The molecule has 2 rings (SSSR count). The Labute approximate surface area is 107 Å². The smallest absolute Gasteiger partial charge is 0.185 e. The maximum Gasteiger partial charge on any atom is 0.185 e. The molecule has 0 saturated heterocycles. The minimum atomic E-state index is 0.110. The number of aromatic nitrogens is 1. The van der Waals surface area contributed by atoms with Gasteiger partial charge in [0.05, 0.1) is 17.2 Å². The number of hydrogen-bond donors (Lipinski definition) is 1. The molecule has 17 heavy (non-hydrogen) atoms. The topological polar surface area (TPSA) is 36.4 Å². The van der Waals surface area contributed by atoms with E-state index in [-0.39, 0.29) is 6.61 Å². The number of thiazole rings is 1. The molecule has 0 bridgehead atoms. The van der Waals surface area contributed by atoms with Crippen LogP contribution in [0.4, 0.5) is 5.13 Å². The summed E-state index contributed by atoms with van der Waals surface area (Å²) in [6.45, 7) is 7.76. The van der Waals surface area contributed by atoms with Crippen LogP contribution in [-0.4, -0.2) is 23.7 Å². The Morgan fingerprint density at radius 3 is 2.59 bits per heavy atom. The van der Waals surface area contributed by atoms with Crippen molar-refractivity contribution in [3.63, 3.8) is 0 Å². The minimum absolute atomic E-state index is 0.110. The van der Waals surface area contributed by atoms with Gasteiger partial charge in [-0.2, -0.15) is 0 Å². The number of rotatable bonds is 5. The predicted octanol–water partition coefficient (Wildman–Crippen LogP) is 2.85. The number of anilines is 1. The Balaban J connectivity index is 2.09. The molecule has 0 aliphatic heterocycles. The lowest BCUT2D eigenvalue weighted by Gasteiger charge is -2.15. The second-order valence-electron chi connectivity index (χ2n) is 5.47. The lowest BCUT2D eigenvalue weighted by Crippen LogP contribution is -2.20. The highest BCUT2D eigenvalue weighted by Gasteiger charge is 2.33. The molecule has 2 unspecified atom stereocenters. The van der Waals surface area contributed by atoms with Crippen molar-refractivity contribution in [1.29, 1.82) is 0 Å². The molecule has 2 atom stereocenters. The molecule has 1 saturated carbocycles. The molecular weight excluding hydrogens is 232 g/mol. The molecule has 1 aliphatic rings. The van der Waals surface area contributed by atoms with E-state index in [4.69, 9.17) is 0 Å². The Kier molecular flexibility index (Phi) is 3.73. The van der Waals surface area contributed by atoms with Gasteiger partial charge in [-0.15, -0.1) is 0 Å². The summed E-state index contributed by atoms with van der Waals surface area (Å²) in [5.74, 6) is 2.10. The first kappa shape index (κ1) is 12.8. The molecular formula is C13H22N2OS. The van der Waals surface area contributed by atoms with Crippen LogP contribution in [0.1, 0.15) is 43.7 Å². The fraction of sp³-hybridized carbons (Fsp3) is 0.769. The molecule has 1 aliphatic carbocycles. The van der Waals surface area contributed by atoms with Crippen LogP contribution in [0, 0.1) is 11.8 Å². The van der Waals surface area contributed by atoms with Gasteiger partial charge >= 0.3 is 0 Å². The van der Waals surface area contributed by atoms with Crippen LogP contribution in [0.15, 0.2) is 0 Å². The summed E-state index contributed by atoms with van der Waals surface area (Å²) in [4.78, 5) is 7.93. The summed E-state index contributed by atoms with van der Waals surface area (Å²) < 4.78 is 0. The van der Waals surface area contributed by atoms with Gasteiger partial charge in [0.15, 0.2) is 5.13 Å². The van der Waals surface area contributed by atoms with Gasteiger partial charge < -0.3 is 10.0 Å². The van der Waals surface area contributed by atoms with E-state index in [1.165, 1.54) is 6.42 Å². The minimum Gasteiger partial charge on any atom is -0.391 e. The highest BCUT2D eigenvalue weighted by molar-refractivity contribution is 7.15. The second-order valence-corrected chi connectivity index (χ2v) is 6.53. The van der Waals surface area contributed by atoms with Crippen LogP contribution in [0.5, 0.6) is 0 Å². The molecule has 96 valence electrons. The molecule has 4 heteroatoms. The maximum atomic E-state index is 9.35. The highest BCUT2D eigenvalue weighted by Crippen LogP contribution is 2.39. The monoisotopic (exact) mass is 254 g/mol. The van der Waals surface area contributed by atoms with E-state index in [2.05, 4.69) is 37.7 Å². The standard InChI is InChI=1S/C13H22N2OS/c1-8(2)12-11(7-16)17-13(14-12)15(4)6-10-5-9(10)3/h8-10,16H,5-7H2,1-4H3. The van der Waals surface area contributed by atoms with Crippen LogP contribution >= 0.6 is 11.3 Å². The Bertz CT molecular complexity index is 389. The van der Waals surface area contributed by atoms with Crippen LogP contribution in [0.25, 0.3) is 0 Å². The molecule has 0 amide bonds. The molecule has 1 heterocycles. The summed E-state index contributed by atoms with van der Waals surface area (Å²) in [6.07, 6.45) is 1.35. The third-order valence-corrected chi connectivity index (χ3v) is 4.69. The fourth-order valence-electron chi connectivity index (χ4n) is 2.16. The van der Waals surface area contributed by atoms with E-state index >= 15 is 0 Å². The molecule has 1 aromatic rings. The summed E-state index contributed by atoms with van der Waals surface area (Å²) in [7, 11) is 2.11. The summed E-state index contributed by atoms with van der Waals surface area (Å²) in [5, 5.41) is 10.4. The van der Waals surface area contributed by atoms with Gasteiger partial charge in [0, 0.05) is 13.6 Å². The normalized spacial score (nSPS) is 23.2. The quantitative estimate of drug-likeness (QED) is 0.878. The zero-order valence-corrected chi connectivity index (χ0v) is 11.9. The Morgan fingerprint density at radius 1 is 1.53 bits per heavy atom. The molecule has 1 aromatic heterocycles. The van der Waals surface area contributed by atoms with Gasteiger partial charge in [0.25, 0.3) is 0 Å². The fourth-order valence-corrected chi connectivity index (χ4v) is 3.21. The third-order valence-electron chi connectivity index (χ3n) is 3.52. The number of aliphatic hydroxyl groups is 1. The molecule has 1 fully saturated rings. The van der Waals surface area contributed by atoms with Crippen molar-refractivity contribution in [1.82, 2.24) is 4.98 Å². The molecule has 0 spiro atoms. The molecule has 0 aromatic carbocycles. The average Bonchev–Trinajstić information content (AvgIpc) is 2.83. The number of hydrogen-bond acceptors (Lipinski definition) is 4. The molecule has 0 radical (unpaired) electrons. The van der Waals surface area contributed by atoms with Gasteiger partial charge in [-0.1, -0.05) is 32.1 Å². The lowest BCUT2D eigenvalue weighted by atomic mass is 10.1. The van der Waals surface area contributed by atoms with Crippen molar-refractivity contribution in [2.75, 3.05) is 18.5 Å². The van der Waals surface area contributed by atoms with Crippen molar-refractivity contribution in [2.45, 2.75) is 39.7 Å². The number of nitrogens with zero attached hydrogens (tertiary/aromatic N) is 2. The third kappa shape index (κ3) is 2.80. The van der Waals surface area contributed by atoms with Crippen molar-refractivity contribution in [3.05, 3.63) is 10.6 Å².